The number of fused-ring (bicyclic) bond motifs is 7. The monoisotopic (exact) mass is 496 g/mol. The maximum atomic E-state index is 14.1. The molecule has 4 heterocycles. The Balaban J connectivity index is 1.54. The van der Waals surface area contributed by atoms with Crippen LogP contribution in [0.3, 0.4) is 0 Å². The van der Waals surface area contributed by atoms with Crippen molar-refractivity contribution in [2.45, 2.75) is 31.3 Å². The number of amides is 3. The summed E-state index contributed by atoms with van der Waals surface area (Å²) in [5.41, 5.74) is 0.0850. The maximum absolute atomic E-state index is 14.1. The standard InChI is InChI=1S/C24H21ClN4O6/c1-11-9-16(29(33)34)17(35-2)10-15(11)28-21(30)18-14-7-4-8-27(14)24(19(18)22(28)31)12-5-3-6-13(25)20(12)26-23(24)32/h3,5-6,9-10,14,18-19H,4,7-8H2,1-2H3,(H,26,32). The summed E-state index contributed by atoms with van der Waals surface area (Å²) in [5, 5.41) is 14.7. The minimum Gasteiger partial charge on any atom is -0.490 e. The van der Waals surface area contributed by atoms with E-state index in [0.717, 1.165) is 11.3 Å². The fraction of sp³-hybridized carbons (Fsp3) is 0.375. The molecule has 0 radical (unpaired) electrons. The third-order valence-electron chi connectivity index (χ3n) is 7.91. The topological polar surface area (TPSA) is 122 Å². The molecule has 3 amide bonds. The van der Waals surface area contributed by atoms with Crippen molar-refractivity contribution < 1.29 is 24.0 Å². The van der Waals surface area contributed by atoms with Crippen LogP contribution >= 0.6 is 11.6 Å². The summed E-state index contributed by atoms with van der Waals surface area (Å²) in [7, 11) is 1.29. The van der Waals surface area contributed by atoms with Gasteiger partial charge in [0.05, 0.1) is 40.3 Å². The Morgan fingerprint density at radius 2 is 2.00 bits per heavy atom. The number of methoxy groups -OCH3 is 1. The zero-order valence-electron chi connectivity index (χ0n) is 18.9. The molecule has 2 aromatic rings. The number of nitro benzene ring substituents is 1. The van der Waals surface area contributed by atoms with Gasteiger partial charge in [0.1, 0.15) is 5.54 Å². The van der Waals surface area contributed by atoms with Crippen LogP contribution in [0.25, 0.3) is 0 Å². The Hall–Kier alpha value is -3.50. The molecule has 3 saturated heterocycles. The number of nitrogens with zero attached hydrogens (tertiary/aromatic N) is 3. The van der Waals surface area contributed by atoms with Crippen LogP contribution in [0.4, 0.5) is 17.1 Å². The number of para-hydroxylation sites is 1. The number of ether oxygens (including phenoxy) is 1. The zero-order valence-corrected chi connectivity index (χ0v) is 19.7. The number of hydrogen-bond donors (Lipinski definition) is 1. The van der Waals surface area contributed by atoms with Gasteiger partial charge in [0, 0.05) is 23.7 Å². The van der Waals surface area contributed by atoms with E-state index in [1.54, 1.807) is 25.1 Å². The van der Waals surface area contributed by atoms with Crippen LogP contribution in [-0.2, 0) is 19.9 Å². The van der Waals surface area contributed by atoms with Gasteiger partial charge in [0.15, 0.2) is 5.75 Å². The Morgan fingerprint density at radius 3 is 2.71 bits per heavy atom. The summed E-state index contributed by atoms with van der Waals surface area (Å²) in [6.45, 7) is 2.19. The third kappa shape index (κ3) is 2.55. The SMILES string of the molecule is COc1cc(N2C(=O)C3C4CCCN4C4(C(=O)Nc5c(Cl)cccc54)C3C2=O)c(C)cc1[N+](=O)[O-]. The molecule has 180 valence electrons. The molecule has 35 heavy (non-hydrogen) atoms. The van der Waals surface area contributed by atoms with Gasteiger partial charge in [-0.05, 0) is 37.9 Å². The van der Waals surface area contributed by atoms with Crippen molar-refractivity contribution in [2.75, 3.05) is 23.9 Å². The van der Waals surface area contributed by atoms with E-state index in [4.69, 9.17) is 16.3 Å². The summed E-state index contributed by atoms with van der Waals surface area (Å²) < 4.78 is 5.19. The van der Waals surface area contributed by atoms with Gasteiger partial charge in [0.2, 0.25) is 11.8 Å². The van der Waals surface area contributed by atoms with E-state index in [2.05, 4.69) is 5.32 Å². The van der Waals surface area contributed by atoms with Gasteiger partial charge < -0.3 is 10.1 Å². The van der Waals surface area contributed by atoms with Gasteiger partial charge in [-0.2, -0.15) is 0 Å². The first-order chi connectivity index (χ1) is 16.7. The van der Waals surface area contributed by atoms with Crippen LogP contribution in [0.1, 0.15) is 24.0 Å². The molecule has 4 aliphatic heterocycles. The molecule has 4 aliphatic rings. The number of imide groups is 1. The van der Waals surface area contributed by atoms with Gasteiger partial charge in [-0.1, -0.05) is 23.7 Å². The first-order valence-corrected chi connectivity index (χ1v) is 11.7. The number of nitrogens with one attached hydrogen (secondary N) is 1. The molecule has 1 spiro atoms. The van der Waals surface area contributed by atoms with Crippen molar-refractivity contribution in [1.82, 2.24) is 4.90 Å². The normalized spacial score (nSPS) is 28.9. The molecule has 4 unspecified atom stereocenters. The summed E-state index contributed by atoms with van der Waals surface area (Å²) in [5.74, 6) is -2.99. The molecule has 2 aromatic carbocycles. The lowest BCUT2D eigenvalue weighted by atomic mass is 9.75. The highest BCUT2D eigenvalue weighted by Gasteiger charge is 2.74. The van der Waals surface area contributed by atoms with E-state index in [0.29, 0.717) is 34.8 Å². The highest BCUT2D eigenvalue weighted by molar-refractivity contribution is 6.35. The molecule has 10 nitrogen and oxygen atoms in total. The van der Waals surface area contributed by atoms with E-state index in [1.807, 2.05) is 4.90 Å². The summed E-state index contributed by atoms with van der Waals surface area (Å²) >= 11 is 6.40. The molecule has 0 bridgehead atoms. The maximum Gasteiger partial charge on any atom is 0.311 e. The Kier molecular flexibility index (Phi) is 4.56. The van der Waals surface area contributed by atoms with Gasteiger partial charge in [0.25, 0.3) is 5.91 Å². The average Bonchev–Trinajstić information content (AvgIpc) is 3.53. The number of aryl methyl sites for hydroxylation is 1. The van der Waals surface area contributed by atoms with E-state index in [9.17, 15) is 24.5 Å². The van der Waals surface area contributed by atoms with E-state index in [-0.39, 0.29) is 29.1 Å². The molecular weight excluding hydrogens is 476 g/mol. The minimum absolute atomic E-state index is 0.0544. The predicted octanol–water partition coefficient (Wildman–Crippen LogP) is 3.00. The van der Waals surface area contributed by atoms with Crippen LogP contribution in [0.15, 0.2) is 30.3 Å². The zero-order chi connectivity index (χ0) is 24.8. The van der Waals surface area contributed by atoms with Crippen LogP contribution in [0.2, 0.25) is 5.02 Å². The van der Waals surface area contributed by atoms with Crippen LogP contribution in [-0.4, -0.2) is 47.2 Å². The van der Waals surface area contributed by atoms with Crippen molar-refractivity contribution in [3.05, 3.63) is 56.6 Å². The first kappa shape index (κ1) is 22.0. The fourth-order valence-corrected chi connectivity index (χ4v) is 6.86. The highest BCUT2D eigenvalue weighted by atomic mass is 35.5. The number of benzene rings is 2. The van der Waals surface area contributed by atoms with Gasteiger partial charge >= 0.3 is 5.69 Å². The number of carbonyl (C=O) groups excluding carboxylic acids is 3. The van der Waals surface area contributed by atoms with Crippen molar-refractivity contribution in [3.8, 4) is 5.75 Å². The fourth-order valence-electron chi connectivity index (χ4n) is 6.64. The minimum atomic E-state index is -1.34. The van der Waals surface area contributed by atoms with Crippen LogP contribution in [0, 0.1) is 28.9 Å². The lowest BCUT2D eigenvalue weighted by Gasteiger charge is -2.36. The molecule has 11 heteroatoms. The smallest absolute Gasteiger partial charge is 0.311 e. The third-order valence-corrected chi connectivity index (χ3v) is 8.23. The van der Waals surface area contributed by atoms with Gasteiger partial charge in [-0.15, -0.1) is 0 Å². The first-order valence-electron chi connectivity index (χ1n) is 11.3. The number of anilines is 2. The highest BCUT2D eigenvalue weighted by Crippen LogP contribution is 2.61. The molecule has 1 N–H and O–H groups in total. The van der Waals surface area contributed by atoms with E-state index in [1.165, 1.54) is 19.2 Å². The molecule has 0 aromatic heterocycles. The van der Waals surface area contributed by atoms with E-state index >= 15 is 0 Å². The van der Waals surface area contributed by atoms with Crippen molar-refractivity contribution in [1.29, 1.82) is 0 Å². The Labute approximate surface area is 204 Å². The molecular formula is C24H21ClN4O6. The largest absolute Gasteiger partial charge is 0.490 e. The summed E-state index contributed by atoms with van der Waals surface area (Å²) in [4.78, 5) is 55.6. The second-order valence-electron chi connectivity index (χ2n) is 9.37. The summed E-state index contributed by atoms with van der Waals surface area (Å²) in [6, 6.07) is 7.57. The Bertz CT molecular complexity index is 1360. The second kappa shape index (κ2) is 7.25. The van der Waals surface area contributed by atoms with Crippen molar-refractivity contribution >= 4 is 46.4 Å². The number of hydrogen-bond acceptors (Lipinski definition) is 7. The van der Waals surface area contributed by atoms with Crippen molar-refractivity contribution in [3.63, 3.8) is 0 Å². The van der Waals surface area contributed by atoms with Crippen LogP contribution in [0.5, 0.6) is 5.75 Å². The molecule has 3 fully saturated rings. The predicted molar refractivity (Wildman–Crippen MR) is 125 cm³/mol. The lowest BCUT2D eigenvalue weighted by Crippen LogP contribution is -2.54. The molecule has 6 rings (SSSR count). The van der Waals surface area contributed by atoms with E-state index < -0.39 is 34.1 Å². The quantitative estimate of drug-likeness (QED) is 0.393. The lowest BCUT2D eigenvalue weighted by molar-refractivity contribution is -0.385. The van der Waals surface area contributed by atoms with Crippen molar-refractivity contribution in [2.24, 2.45) is 11.8 Å². The Morgan fingerprint density at radius 1 is 1.23 bits per heavy atom. The van der Waals surface area contributed by atoms with Crippen LogP contribution < -0.4 is 15.0 Å². The molecule has 0 saturated carbocycles. The number of halogens is 1. The second-order valence-corrected chi connectivity index (χ2v) is 9.78. The average molecular weight is 497 g/mol. The summed E-state index contributed by atoms with van der Waals surface area (Å²) in [6.07, 6.45) is 1.48. The number of rotatable bonds is 3. The molecule has 4 atom stereocenters. The number of carbonyl (C=O) groups is 3. The van der Waals surface area contributed by atoms with Gasteiger partial charge in [-0.25, -0.2) is 4.90 Å². The molecule has 0 aliphatic carbocycles. The van der Waals surface area contributed by atoms with Gasteiger partial charge in [-0.3, -0.25) is 29.4 Å². The number of nitro groups is 1.